The van der Waals surface area contributed by atoms with Crippen molar-refractivity contribution >= 4 is 11.3 Å². The molecule has 2 aromatic rings. The summed E-state index contributed by atoms with van der Waals surface area (Å²) >= 11 is 1.81. The summed E-state index contributed by atoms with van der Waals surface area (Å²) in [4.78, 5) is 1.43. The Hall–Kier alpha value is -1.09. The molecule has 68 valence electrons. The van der Waals surface area contributed by atoms with Crippen molar-refractivity contribution in [3.8, 4) is 0 Å². The second-order valence-electron chi connectivity index (χ2n) is 3.12. The maximum atomic E-state index is 4.19. The molecule has 0 radical (unpaired) electrons. The molecule has 2 nitrogen and oxygen atoms in total. The van der Waals surface area contributed by atoms with Crippen LogP contribution in [0.2, 0.25) is 0 Å². The maximum absolute atomic E-state index is 4.19. The van der Waals surface area contributed by atoms with Crippen molar-refractivity contribution < 1.29 is 0 Å². The molecule has 0 aromatic carbocycles. The second-order valence-corrected chi connectivity index (χ2v) is 4.15. The quantitative estimate of drug-likeness (QED) is 0.795. The third-order valence-electron chi connectivity index (χ3n) is 1.97. The third-order valence-corrected chi connectivity index (χ3v) is 2.90. The summed E-state index contributed by atoms with van der Waals surface area (Å²) < 4.78 is 0. The van der Waals surface area contributed by atoms with Crippen LogP contribution < -0.4 is 0 Å². The smallest absolute Gasteiger partial charge is 0.0628 e. The molecule has 0 spiro atoms. The summed E-state index contributed by atoms with van der Waals surface area (Å²) in [6.45, 7) is 2.03. The lowest BCUT2D eigenvalue weighted by molar-refractivity contribution is 0.900. The standard InChI is InChI=1S/C10H12N2S/c1-8-7-9(12-11-8)4-5-10-3-2-6-13-10/h2-3,6-7H,4-5H2,1H3,(H,11,12). The molecule has 3 heteroatoms. The molecule has 2 rings (SSSR count). The van der Waals surface area contributed by atoms with E-state index in [9.17, 15) is 0 Å². The Morgan fingerprint density at radius 3 is 3.00 bits per heavy atom. The molecule has 0 aliphatic carbocycles. The van der Waals surface area contributed by atoms with E-state index < -0.39 is 0 Å². The van der Waals surface area contributed by atoms with Crippen LogP contribution in [-0.2, 0) is 12.8 Å². The number of hydrogen-bond donors (Lipinski definition) is 1. The van der Waals surface area contributed by atoms with Crippen molar-refractivity contribution in [2.24, 2.45) is 0 Å². The number of H-pyrrole nitrogens is 1. The number of thiophene rings is 1. The molecule has 0 saturated heterocycles. The van der Waals surface area contributed by atoms with Crippen LogP contribution in [0.5, 0.6) is 0 Å². The van der Waals surface area contributed by atoms with Gasteiger partial charge in [0.1, 0.15) is 0 Å². The number of aromatic nitrogens is 2. The van der Waals surface area contributed by atoms with Crippen molar-refractivity contribution in [2.45, 2.75) is 19.8 Å². The first-order valence-corrected chi connectivity index (χ1v) is 5.26. The molecule has 0 fully saturated rings. The Labute approximate surface area is 81.6 Å². The number of aromatic amines is 1. The van der Waals surface area contributed by atoms with Gasteiger partial charge in [0.25, 0.3) is 0 Å². The first-order chi connectivity index (χ1) is 6.34. The Kier molecular flexibility index (Phi) is 2.45. The minimum atomic E-state index is 1.03. The largest absolute Gasteiger partial charge is 0.283 e. The Balaban J connectivity index is 1.93. The van der Waals surface area contributed by atoms with Gasteiger partial charge in [-0.05, 0) is 37.3 Å². The van der Waals surface area contributed by atoms with E-state index in [1.165, 1.54) is 4.88 Å². The zero-order chi connectivity index (χ0) is 9.10. The summed E-state index contributed by atoms with van der Waals surface area (Å²) in [5, 5.41) is 9.26. The van der Waals surface area contributed by atoms with E-state index in [2.05, 4.69) is 33.8 Å². The van der Waals surface area contributed by atoms with Gasteiger partial charge < -0.3 is 0 Å². The Bertz CT molecular complexity index is 362. The lowest BCUT2D eigenvalue weighted by atomic mass is 10.2. The normalized spacial score (nSPS) is 10.5. The predicted octanol–water partition coefficient (Wildman–Crippen LogP) is 2.56. The molecular formula is C10H12N2S. The SMILES string of the molecule is Cc1cc(CCc2cccs2)n[nH]1. The van der Waals surface area contributed by atoms with Gasteiger partial charge >= 0.3 is 0 Å². The van der Waals surface area contributed by atoms with Crippen molar-refractivity contribution in [1.29, 1.82) is 0 Å². The maximum Gasteiger partial charge on any atom is 0.0628 e. The number of nitrogens with one attached hydrogen (secondary N) is 1. The molecule has 0 aliphatic rings. The van der Waals surface area contributed by atoms with Gasteiger partial charge in [-0.25, -0.2) is 0 Å². The van der Waals surface area contributed by atoms with E-state index in [-0.39, 0.29) is 0 Å². The first kappa shape index (κ1) is 8.51. The molecule has 0 bridgehead atoms. The van der Waals surface area contributed by atoms with E-state index in [1.807, 2.05) is 18.3 Å². The number of aryl methyl sites for hydroxylation is 3. The second kappa shape index (κ2) is 3.75. The van der Waals surface area contributed by atoms with Crippen LogP contribution in [0.3, 0.4) is 0 Å². The van der Waals surface area contributed by atoms with Crippen LogP contribution >= 0.6 is 11.3 Å². The van der Waals surface area contributed by atoms with Gasteiger partial charge in [-0.2, -0.15) is 5.10 Å². The van der Waals surface area contributed by atoms with Gasteiger partial charge in [-0.15, -0.1) is 11.3 Å². The van der Waals surface area contributed by atoms with Gasteiger partial charge in [-0.1, -0.05) is 6.07 Å². The van der Waals surface area contributed by atoms with Crippen LogP contribution in [0.15, 0.2) is 23.6 Å². The molecule has 0 atom stereocenters. The fraction of sp³-hybridized carbons (Fsp3) is 0.300. The highest BCUT2D eigenvalue weighted by molar-refractivity contribution is 7.09. The highest BCUT2D eigenvalue weighted by atomic mass is 32.1. The van der Waals surface area contributed by atoms with Gasteiger partial charge in [0.05, 0.1) is 5.69 Å². The van der Waals surface area contributed by atoms with Gasteiger partial charge in [0.15, 0.2) is 0 Å². The van der Waals surface area contributed by atoms with E-state index in [0.29, 0.717) is 0 Å². The van der Waals surface area contributed by atoms with Crippen LogP contribution in [-0.4, -0.2) is 10.2 Å². The van der Waals surface area contributed by atoms with Crippen LogP contribution in [0.1, 0.15) is 16.3 Å². The number of hydrogen-bond acceptors (Lipinski definition) is 2. The summed E-state index contributed by atoms with van der Waals surface area (Å²) in [7, 11) is 0. The third kappa shape index (κ3) is 2.18. The first-order valence-electron chi connectivity index (χ1n) is 4.38. The van der Waals surface area contributed by atoms with E-state index >= 15 is 0 Å². The lowest BCUT2D eigenvalue weighted by Crippen LogP contribution is -1.88. The van der Waals surface area contributed by atoms with E-state index in [4.69, 9.17) is 0 Å². The average Bonchev–Trinajstić information content (AvgIpc) is 2.71. The van der Waals surface area contributed by atoms with Crippen LogP contribution in [0, 0.1) is 6.92 Å². The molecule has 0 amide bonds. The zero-order valence-electron chi connectivity index (χ0n) is 7.58. The lowest BCUT2D eigenvalue weighted by Gasteiger charge is -1.92. The van der Waals surface area contributed by atoms with E-state index in [0.717, 1.165) is 24.2 Å². The molecular weight excluding hydrogens is 180 g/mol. The summed E-state index contributed by atoms with van der Waals surface area (Å²) in [5.41, 5.74) is 2.30. The summed E-state index contributed by atoms with van der Waals surface area (Å²) in [6, 6.07) is 6.37. The molecule has 0 unspecified atom stereocenters. The molecule has 0 saturated carbocycles. The minimum absolute atomic E-state index is 1.03. The average molecular weight is 192 g/mol. The minimum Gasteiger partial charge on any atom is -0.283 e. The predicted molar refractivity (Wildman–Crippen MR) is 55.1 cm³/mol. The number of nitrogens with zero attached hydrogens (tertiary/aromatic N) is 1. The monoisotopic (exact) mass is 192 g/mol. The Morgan fingerprint density at radius 1 is 1.46 bits per heavy atom. The van der Waals surface area contributed by atoms with Gasteiger partial charge in [0.2, 0.25) is 0 Å². The fourth-order valence-electron chi connectivity index (χ4n) is 1.31. The van der Waals surface area contributed by atoms with Crippen LogP contribution in [0.4, 0.5) is 0 Å². The summed E-state index contributed by atoms with van der Waals surface area (Å²) in [6.07, 6.45) is 2.13. The molecule has 0 aliphatic heterocycles. The van der Waals surface area contributed by atoms with Gasteiger partial charge in [-0.3, -0.25) is 5.10 Å². The van der Waals surface area contributed by atoms with E-state index in [1.54, 1.807) is 0 Å². The Morgan fingerprint density at radius 2 is 2.38 bits per heavy atom. The number of rotatable bonds is 3. The molecule has 2 aromatic heterocycles. The van der Waals surface area contributed by atoms with Crippen molar-refractivity contribution in [1.82, 2.24) is 10.2 Å². The molecule has 13 heavy (non-hydrogen) atoms. The zero-order valence-corrected chi connectivity index (χ0v) is 8.40. The fourth-order valence-corrected chi connectivity index (χ4v) is 2.02. The summed E-state index contributed by atoms with van der Waals surface area (Å²) in [5.74, 6) is 0. The topological polar surface area (TPSA) is 28.7 Å². The van der Waals surface area contributed by atoms with Gasteiger partial charge in [0, 0.05) is 10.6 Å². The molecule has 1 N–H and O–H groups in total. The van der Waals surface area contributed by atoms with Crippen molar-refractivity contribution in [3.05, 3.63) is 39.8 Å². The van der Waals surface area contributed by atoms with Crippen molar-refractivity contribution in [2.75, 3.05) is 0 Å². The highest BCUT2D eigenvalue weighted by Crippen LogP contribution is 2.11. The van der Waals surface area contributed by atoms with Crippen LogP contribution in [0.25, 0.3) is 0 Å². The molecule has 2 heterocycles. The highest BCUT2D eigenvalue weighted by Gasteiger charge is 1.99. The van der Waals surface area contributed by atoms with Crippen molar-refractivity contribution in [3.63, 3.8) is 0 Å².